The van der Waals surface area contributed by atoms with E-state index < -0.39 is 5.41 Å². The van der Waals surface area contributed by atoms with Crippen LogP contribution in [-0.4, -0.2) is 20.7 Å². The van der Waals surface area contributed by atoms with Crippen LogP contribution in [0, 0.1) is 17.7 Å². The van der Waals surface area contributed by atoms with Crippen LogP contribution in [0.15, 0.2) is 55.0 Å². The summed E-state index contributed by atoms with van der Waals surface area (Å²) in [5.74, 6) is 0.815. The molecule has 0 aliphatic heterocycles. The van der Waals surface area contributed by atoms with Crippen molar-refractivity contribution >= 4 is 5.78 Å². The molecule has 2 heterocycles. The van der Waals surface area contributed by atoms with E-state index in [1.54, 1.807) is 12.4 Å². The number of rotatable bonds is 2. The van der Waals surface area contributed by atoms with E-state index in [1.165, 1.54) is 12.1 Å². The number of hydrogen-bond donors (Lipinski definition) is 0. The van der Waals surface area contributed by atoms with E-state index in [0.717, 1.165) is 35.2 Å². The van der Waals surface area contributed by atoms with Crippen molar-refractivity contribution in [3.05, 3.63) is 77.6 Å². The highest BCUT2D eigenvalue weighted by Crippen LogP contribution is 2.54. The van der Waals surface area contributed by atoms with Crippen LogP contribution in [-0.2, 0) is 16.6 Å². The van der Waals surface area contributed by atoms with Gasteiger partial charge >= 0.3 is 0 Å². The van der Waals surface area contributed by atoms with Gasteiger partial charge < -0.3 is 0 Å². The second-order valence-electron chi connectivity index (χ2n) is 8.19. The monoisotopic (exact) mass is 387 g/mol. The molecule has 2 aromatic heterocycles. The Morgan fingerprint density at radius 1 is 1.10 bits per heavy atom. The number of hydrogen-bond acceptors (Lipinski definition) is 4. The standard InChI is InChI=1S/C24H22FN3O/c1-15-20-9-4-16-14-27-23(17-3-2-12-26-13-17)28-22(16)24(20,11-10-21(15)29)18-5-7-19(25)8-6-18/h2-3,5-8,12-15,20H,4,9-11H2,1H3/t15-,20-,24+/m0/s1. The first-order valence-corrected chi connectivity index (χ1v) is 10.1. The molecule has 0 saturated heterocycles. The number of ketones is 1. The lowest BCUT2D eigenvalue weighted by Gasteiger charge is -2.50. The lowest BCUT2D eigenvalue weighted by molar-refractivity contribution is -0.128. The SMILES string of the molecule is C[C@@H]1C(=O)CC[C@]2(c3ccc(F)cc3)c3nc(-c4cccnc4)ncc3CC[C@@H]12. The Hall–Kier alpha value is -2.95. The van der Waals surface area contributed by atoms with Crippen molar-refractivity contribution in [3.8, 4) is 11.4 Å². The zero-order valence-corrected chi connectivity index (χ0v) is 16.3. The number of halogens is 1. The number of carbonyl (C=O) groups excluding carboxylic acids is 1. The van der Waals surface area contributed by atoms with Crippen LogP contribution in [0.2, 0.25) is 0 Å². The Morgan fingerprint density at radius 2 is 1.93 bits per heavy atom. The quantitative estimate of drug-likeness (QED) is 0.648. The molecule has 4 nitrogen and oxygen atoms in total. The van der Waals surface area contributed by atoms with Gasteiger partial charge in [-0.1, -0.05) is 19.1 Å². The molecule has 1 saturated carbocycles. The number of benzene rings is 1. The highest BCUT2D eigenvalue weighted by molar-refractivity contribution is 5.83. The normalized spacial score (nSPS) is 25.9. The molecule has 0 radical (unpaired) electrons. The van der Waals surface area contributed by atoms with Gasteiger partial charge in [-0.15, -0.1) is 0 Å². The Balaban J connectivity index is 1.74. The second kappa shape index (κ2) is 6.83. The Bertz CT molecular complexity index is 1070. The van der Waals surface area contributed by atoms with Gasteiger partial charge in [-0.25, -0.2) is 14.4 Å². The van der Waals surface area contributed by atoms with Crippen molar-refractivity contribution in [2.75, 3.05) is 0 Å². The zero-order chi connectivity index (χ0) is 20.0. The summed E-state index contributed by atoms with van der Waals surface area (Å²) in [6.45, 7) is 2.04. The maximum absolute atomic E-state index is 13.7. The molecule has 0 spiro atoms. The fourth-order valence-corrected chi connectivity index (χ4v) is 5.34. The topological polar surface area (TPSA) is 55.7 Å². The molecule has 0 bridgehead atoms. The molecule has 3 atom stereocenters. The van der Waals surface area contributed by atoms with Crippen LogP contribution in [0.25, 0.3) is 11.4 Å². The van der Waals surface area contributed by atoms with Gasteiger partial charge in [0.05, 0.1) is 5.69 Å². The van der Waals surface area contributed by atoms with Crippen LogP contribution in [0.4, 0.5) is 4.39 Å². The molecule has 2 aliphatic rings. The largest absolute Gasteiger partial charge is 0.299 e. The number of carbonyl (C=O) groups is 1. The maximum atomic E-state index is 13.7. The first-order chi connectivity index (χ1) is 14.1. The van der Waals surface area contributed by atoms with Crippen molar-refractivity contribution in [1.29, 1.82) is 0 Å². The van der Waals surface area contributed by atoms with Crippen molar-refractivity contribution in [2.45, 2.75) is 38.0 Å². The van der Waals surface area contributed by atoms with Gasteiger partial charge in [0.15, 0.2) is 5.82 Å². The first-order valence-electron chi connectivity index (χ1n) is 10.1. The van der Waals surface area contributed by atoms with Crippen molar-refractivity contribution in [1.82, 2.24) is 15.0 Å². The average molecular weight is 387 g/mol. The van der Waals surface area contributed by atoms with E-state index in [-0.39, 0.29) is 17.7 Å². The lowest BCUT2D eigenvalue weighted by Crippen LogP contribution is -2.50. The number of aryl methyl sites for hydroxylation is 1. The summed E-state index contributed by atoms with van der Waals surface area (Å²) in [6, 6.07) is 10.6. The molecular formula is C24H22FN3O. The average Bonchev–Trinajstić information content (AvgIpc) is 2.77. The molecule has 1 aromatic carbocycles. The first kappa shape index (κ1) is 18.1. The molecule has 5 heteroatoms. The molecule has 2 aliphatic carbocycles. The predicted octanol–water partition coefficient (Wildman–Crippen LogP) is 4.53. The smallest absolute Gasteiger partial charge is 0.160 e. The fourth-order valence-electron chi connectivity index (χ4n) is 5.34. The summed E-state index contributed by atoms with van der Waals surface area (Å²) in [7, 11) is 0. The van der Waals surface area contributed by atoms with Gasteiger partial charge in [0.1, 0.15) is 11.6 Å². The van der Waals surface area contributed by atoms with Gasteiger partial charge in [-0.3, -0.25) is 9.78 Å². The van der Waals surface area contributed by atoms with Crippen molar-refractivity contribution < 1.29 is 9.18 Å². The van der Waals surface area contributed by atoms with Crippen LogP contribution in [0.1, 0.15) is 43.0 Å². The second-order valence-corrected chi connectivity index (χ2v) is 8.19. The molecule has 0 N–H and O–H groups in total. The predicted molar refractivity (Wildman–Crippen MR) is 108 cm³/mol. The van der Waals surface area contributed by atoms with Crippen LogP contribution in [0.5, 0.6) is 0 Å². The molecule has 0 unspecified atom stereocenters. The highest BCUT2D eigenvalue weighted by atomic mass is 19.1. The summed E-state index contributed by atoms with van der Waals surface area (Å²) < 4.78 is 13.7. The third-order valence-corrected chi connectivity index (χ3v) is 6.80. The Labute approximate surface area is 169 Å². The van der Waals surface area contributed by atoms with Gasteiger partial charge in [-0.05, 0) is 60.6 Å². The summed E-state index contributed by atoms with van der Waals surface area (Å²) in [5, 5.41) is 0. The molecule has 1 fully saturated rings. The maximum Gasteiger partial charge on any atom is 0.160 e. The number of Topliss-reactive ketones (excluding diaryl/α,β-unsaturated/α-hetero) is 1. The number of fused-ring (bicyclic) bond motifs is 3. The van der Waals surface area contributed by atoms with Crippen LogP contribution < -0.4 is 0 Å². The van der Waals surface area contributed by atoms with Crippen LogP contribution in [0.3, 0.4) is 0 Å². The number of pyridine rings is 1. The van der Waals surface area contributed by atoms with E-state index in [4.69, 9.17) is 4.98 Å². The van der Waals surface area contributed by atoms with Gasteiger partial charge in [-0.2, -0.15) is 0 Å². The van der Waals surface area contributed by atoms with E-state index >= 15 is 0 Å². The van der Waals surface area contributed by atoms with E-state index in [2.05, 4.69) is 9.97 Å². The summed E-state index contributed by atoms with van der Waals surface area (Å²) >= 11 is 0. The van der Waals surface area contributed by atoms with Crippen molar-refractivity contribution in [2.24, 2.45) is 11.8 Å². The highest BCUT2D eigenvalue weighted by Gasteiger charge is 2.53. The number of nitrogens with zero attached hydrogens (tertiary/aromatic N) is 3. The molecule has 29 heavy (non-hydrogen) atoms. The minimum Gasteiger partial charge on any atom is -0.299 e. The Kier molecular flexibility index (Phi) is 4.26. The summed E-state index contributed by atoms with van der Waals surface area (Å²) in [4.78, 5) is 26.4. The summed E-state index contributed by atoms with van der Waals surface area (Å²) in [6.07, 6.45) is 8.39. The van der Waals surface area contributed by atoms with Crippen LogP contribution >= 0.6 is 0 Å². The minimum atomic E-state index is -0.394. The van der Waals surface area contributed by atoms with Crippen molar-refractivity contribution in [3.63, 3.8) is 0 Å². The van der Waals surface area contributed by atoms with E-state index in [1.807, 2.05) is 37.4 Å². The van der Waals surface area contributed by atoms with Gasteiger partial charge in [0.2, 0.25) is 0 Å². The molecule has 0 amide bonds. The fraction of sp³-hybridized carbons (Fsp3) is 0.333. The zero-order valence-electron chi connectivity index (χ0n) is 16.3. The van der Waals surface area contributed by atoms with E-state index in [0.29, 0.717) is 24.4 Å². The van der Waals surface area contributed by atoms with Gasteiger partial charge in [0.25, 0.3) is 0 Å². The molecule has 3 aromatic rings. The molecular weight excluding hydrogens is 365 g/mol. The lowest BCUT2D eigenvalue weighted by atomic mass is 9.53. The molecule has 146 valence electrons. The van der Waals surface area contributed by atoms with E-state index in [9.17, 15) is 9.18 Å². The summed E-state index contributed by atoms with van der Waals surface area (Å²) in [5.41, 5.74) is 3.63. The molecule has 5 rings (SSSR count). The Morgan fingerprint density at radius 3 is 2.69 bits per heavy atom. The number of aromatic nitrogens is 3. The third-order valence-electron chi connectivity index (χ3n) is 6.80. The minimum absolute atomic E-state index is 0.0428. The van der Waals surface area contributed by atoms with Gasteiger partial charge in [0, 0.05) is 41.9 Å². The third kappa shape index (κ3) is 2.79.